The first-order valence-corrected chi connectivity index (χ1v) is 5.74. The van der Waals surface area contributed by atoms with Gasteiger partial charge >= 0.3 is 0 Å². The summed E-state index contributed by atoms with van der Waals surface area (Å²) in [6.45, 7) is 5.58. The van der Waals surface area contributed by atoms with Crippen molar-refractivity contribution in [3.8, 4) is 28.4 Å². The van der Waals surface area contributed by atoms with Gasteiger partial charge in [-0.05, 0) is 31.9 Å². The summed E-state index contributed by atoms with van der Waals surface area (Å²) in [5.74, 6) is -0.528. The van der Waals surface area contributed by atoms with Crippen LogP contribution in [0.4, 0.5) is 0 Å². The molecule has 94 valence electrons. The van der Waals surface area contributed by atoms with Gasteiger partial charge in [0.2, 0.25) is 0 Å². The molecule has 0 aliphatic carbocycles. The topological polar surface area (TPSA) is 60.7 Å². The molecule has 0 amide bonds. The Balaban J connectivity index is 2.79. The van der Waals surface area contributed by atoms with E-state index in [1.807, 2.05) is 32.0 Å². The monoisotopic (exact) mass is 244 g/mol. The minimum atomic E-state index is -0.306. The van der Waals surface area contributed by atoms with E-state index in [1.54, 1.807) is 6.92 Å². The van der Waals surface area contributed by atoms with Crippen molar-refractivity contribution in [2.24, 2.45) is 0 Å². The highest BCUT2D eigenvalue weighted by molar-refractivity contribution is 5.80. The minimum absolute atomic E-state index is 0.0310. The maximum atomic E-state index is 9.99. The molecule has 0 atom stereocenters. The van der Waals surface area contributed by atoms with E-state index in [9.17, 15) is 15.3 Å². The summed E-state index contributed by atoms with van der Waals surface area (Å²) in [6.07, 6.45) is 0. The highest BCUT2D eigenvalue weighted by atomic mass is 16.3. The van der Waals surface area contributed by atoms with Crippen LogP contribution < -0.4 is 0 Å². The van der Waals surface area contributed by atoms with Gasteiger partial charge < -0.3 is 15.3 Å². The van der Waals surface area contributed by atoms with E-state index < -0.39 is 0 Å². The second-order valence-electron chi connectivity index (χ2n) is 4.58. The third-order valence-electron chi connectivity index (χ3n) is 3.16. The zero-order chi connectivity index (χ0) is 13.4. The normalized spacial score (nSPS) is 10.6. The highest BCUT2D eigenvalue weighted by Crippen LogP contribution is 2.43. The molecule has 18 heavy (non-hydrogen) atoms. The smallest absolute Gasteiger partial charge is 0.161 e. The van der Waals surface area contributed by atoms with Crippen molar-refractivity contribution in [2.45, 2.75) is 20.8 Å². The predicted octanol–water partition coefficient (Wildman–Crippen LogP) is 3.40. The molecule has 0 spiro atoms. The Labute approximate surface area is 106 Å². The van der Waals surface area contributed by atoms with Crippen LogP contribution in [0.5, 0.6) is 17.2 Å². The second kappa shape index (κ2) is 4.26. The average Bonchev–Trinajstić information content (AvgIpc) is 2.31. The van der Waals surface area contributed by atoms with Gasteiger partial charge in [0, 0.05) is 17.2 Å². The number of hydrogen-bond donors (Lipinski definition) is 3. The van der Waals surface area contributed by atoms with Gasteiger partial charge in [-0.1, -0.05) is 23.8 Å². The molecule has 0 fully saturated rings. The largest absolute Gasteiger partial charge is 0.507 e. The quantitative estimate of drug-likeness (QED) is 0.532. The van der Waals surface area contributed by atoms with Gasteiger partial charge in [0.05, 0.1) is 0 Å². The van der Waals surface area contributed by atoms with Crippen LogP contribution in [-0.2, 0) is 0 Å². The van der Waals surface area contributed by atoms with Gasteiger partial charge in [0.25, 0.3) is 0 Å². The molecule has 0 unspecified atom stereocenters. The molecule has 3 nitrogen and oxygen atoms in total. The van der Waals surface area contributed by atoms with Gasteiger partial charge in [0.15, 0.2) is 11.5 Å². The van der Waals surface area contributed by atoms with E-state index in [-0.39, 0.29) is 17.2 Å². The molecule has 0 heterocycles. The fourth-order valence-corrected chi connectivity index (χ4v) is 2.12. The van der Waals surface area contributed by atoms with Gasteiger partial charge in [-0.3, -0.25) is 0 Å². The first-order valence-electron chi connectivity index (χ1n) is 5.74. The SMILES string of the molecule is Cc1ccc(C)c(-c2c(O)cc(O)c(O)c2C)c1. The third-order valence-corrected chi connectivity index (χ3v) is 3.16. The molecular weight excluding hydrogens is 228 g/mol. The van der Waals surface area contributed by atoms with Gasteiger partial charge in [0.1, 0.15) is 5.75 Å². The summed E-state index contributed by atoms with van der Waals surface area (Å²) in [4.78, 5) is 0. The summed E-state index contributed by atoms with van der Waals surface area (Å²) in [7, 11) is 0. The Morgan fingerprint density at radius 1 is 0.833 bits per heavy atom. The van der Waals surface area contributed by atoms with E-state index in [0.717, 1.165) is 16.7 Å². The fraction of sp³-hybridized carbons (Fsp3) is 0.200. The van der Waals surface area contributed by atoms with Crippen molar-refractivity contribution in [1.82, 2.24) is 0 Å². The number of rotatable bonds is 1. The molecule has 0 radical (unpaired) electrons. The molecule has 3 heteroatoms. The molecule has 0 saturated carbocycles. The van der Waals surface area contributed by atoms with Gasteiger partial charge in [-0.15, -0.1) is 0 Å². The Morgan fingerprint density at radius 3 is 2.17 bits per heavy atom. The zero-order valence-electron chi connectivity index (χ0n) is 10.7. The summed E-state index contributed by atoms with van der Waals surface area (Å²) in [6, 6.07) is 7.08. The lowest BCUT2D eigenvalue weighted by atomic mass is 9.93. The van der Waals surface area contributed by atoms with Crippen LogP contribution in [0.25, 0.3) is 11.1 Å². The van der Waals surface area contributed by atoms with Gasteiger partial charge in [-0.25, -0.2) is 0 Å². The molecule has 2 aromatic carbocycles. The number of aromatic hydroxyl groups is 3. The van der Waals surface area contributed by atoms with Crippen molar-refractivity contribution in [3.63, 3.8) is 0 Å². The lowest BCUT2D eigenvalue weighted by molar-refractivity contribution is 0.394. The predicted molar refractivity (Wildman–Crippen MR) is 71.1 cm³/mol. The van der Waals surface area contributed by atoms with Crippen molar-refractivity contribution in [3.05, 3.63) is 41.0 Å². The molecular formula is C15H16O3. The zero-order valence-corrected chi connectivity index (χ0v) is 10.7. The van der Waals surface area contributed by atoms with Crippen LogP contribution in [-0.4, -0.2) is 15.3 Å². The van der Waals surface area contributed by atoms with Crippen LogP contribution >= 0.6 is 0 Å². The standard InChI is InChI=1S/C15H16O3/c1-8-4-5-9(2)11(6-8)14-10(3)15(18)13(17)7-12(14)16/h4-7,16-18H,1-3H3. The number of benzene rings is 2. The molecule has 0 saturated heterocycles. The van der Waals surface area contributed by atoms with E-state index in [1.165, 1.54) is 6.07 Å². The lowest BCUT2D eigenvalue weighted by Gasteiger charge is -2.14. The Bertz CT molecular complexity index is 616. The number of phenols is 3. The second-order valence-corrected chi connectivity index (χ2v) is 4.58. The van der Waals surface area contributed by atoms with Crippen LogP contribution in [0.2, 0.25) is 0 Å². The van der Waals surface area contributed by atoms with Crippen molar-refractivity contribution >= 4 is 0 Å². The highest BCUT2D eigenvalue weighted by Gasteiger charge is 2.16. The van der Waals surface area contributed by atoms with Gasteiger partial charge in [-0.2, -0.15) is 0 Å². The molecule has 2 aromatic rings. The summed E-state index contributed by atoms with van der Waals surface area (Å²) in [5, 5.41) is 29.2. The molecule has 2 rings (SSSR count). The minimum Gasteiger partial charge on any atom is -0.507 e. The Hall–Kier alpha value is -2.16. The summed E-state index contributed by atoms with van der Waals surface area (Å²) >= 11 is 0. The fourth-order valence-electron chi connectivity index (χ4n) is 2.12. The third kappa shape index (κ3) is 1.88. The van der Waals surface area contributed by atoms with E-state index in [0.29, 0.717) is 11.1 Å². The van der Waals surface area contributed by atoms with Crippen LogP contribution in [0.3, 0.4) is 0 Å². The first kappa shape index (κ1) is 12.3. The molecule has 0 bridgehead atoms. The van der Waals surface area contributed by atoms with E-state index in [2.05, 4.69) is 0 Å². The molecule has 0 aliphatic heterocycles. The maximum Gasteiger partial charge on any atom is 0.161 e. The van der Waals surface area contributed by atoms with Crippen LogP contribution in [0.1, 0.15) is 16.7 Å². The van der Waals surface area contributed by atoms with Crippen molar-refractivity contribution in [2.75, 3.05) is 0 Å². The van der Waals surface area contributed by atoms with E-state index in [4.69, 9.17) is 0 Å². The molecule has 0 aliphatic rings. The number of phenolic OH excluding ortho intramolecular Hbond substituents is 3. The Kier molecular flexibility index (Phi) is 2.91. The lowest BCUT2D eigenvalue weighted by Crippen LogP contribution is -1.90. The first-order chi connectivity index (χ1) is 8.41. The van der Waals surface area contributed by atoms with E-state index >= 15 is 0 Å². The number of hydrogen-bond acceptors (Lipinski definition) is 3. The van der Waals surface area contributed by atoms with Crippen molar-refractivity contribution in [1.29, 1.82) is 0 Å². The maximum absolute atomic E-state index is 9.99. The number of aryl methyl sites for hydroxylation is 2. The summed E-state index contributed by atoms with van der Waals surface area (Å²) in [5.41, 5.74) is 3.97. The van der Waals surface area contributed by atoms with Crippen LogP contribution in [0, 0.1) is 20.8 Å². The molecule has 3 N–H and O–H groups in total. The Morgan fingerprint density at radius 2 is 1.50 bits per heavy atom. The summed E-state index contributed by atoms with van der Waals surface area (Å²) < 4.78 is 0. The van der Waals surface area contributed by atoms with Crippen molar-refractivity contribution < 1.29 is 15.3 Å². The molecule has 0 aromatic heterocycles. The van der Waals surface area contributed by atoms with Crippen LogP contribution in [0.15, 0.2) is 24.3 Å². The average molecular weight is 244 g/mol.